The van der Waals surface area contributed by atoms with Crippen LogP contribution in [0.25, 0.3) is 0 Å². The van der Waals surface area contributed by atoms with E-state index in [-0.39, 0.29) is 5.78 Å². The number of nitrogens with two attached hydrogens (primary N) is 1. The van der Waals surface area contributed by atoms with Gasteiger partial charge >= 0.3 is 0 Å². The number of rotatable bonds is 7. The van der Waals surface area contributed by atoms with Gasteiger partial charge in [0.15, 0.2) is 5.78 Å². The van der Waals surface area contributed by atoms with Gasteiger partial charge in [0.2, 0.25) is 0 Å². The highest BCUT2D eigenvalue weighted by atomic mass is 16.1. The molecule has 17 heavy (non-hydrogen) atoms. The van der Waals surface area contributed by atoms with Gasteiger partial charge in [-0.2, -0.15) is 0 Å². The zero-order valence-corrected chi connectivity index (χ0v) is 10.8. The minimum Gasteiger partial charge on any atom is -0.330 e. The average molecular weight is 234 g/mol. The molecule has 3 heteroatoms. The van der Waals surface area contributed by atoms with Crippen LogP contribution in [0.4, 0.5) is 0 Å². The Morgan fingerprint density at radius 2 is 2.00 bits per heavy atom. The van der Waals surface area contributed by atoms with Gasteiger partial charge in [-0.15, -0.1) is 0 Å². The molecule has 0 radical (unpaired) electrons. The predicted molar refractivity (Wildman–Crippen MR) is 71.2 cm³/mol. The lowest BCUT2D eigenvalue weighted by atomic mass is 9.94. The van der Waals surface area contributed by atoms with Crippen molar-refractivity contribution < 1.29 is 4.79 Å². The summed E-state index contributed by atoms with van der Waals surface area (Å²) in [7, 11) is 1.89. The van der Waals surface area contributed by atoms with Crippen LogP contribution in [-0.4, -0.2) is 19.4 Å². The summed E-state index contributed by atoms with van der Waals surface area (Å²) in [6.07, 6.45) is 2.98. The van der Waals surface area contributed by atoms with Crippen LogP contribution in [0.2, 0.25) is 0 Å². The summed E-state index contributed by atoms with van der Waals surface area (Å²) in [6.45, 7) is 3.09. The second kappa shape index (κ2) is 7.20. The Labute approximate surface area is 103 Å². The zero-order valence-electron chi connectivity index (χ0n) is 10.8. The molecule has 0 heterocycles. The Morgan fingerprint density at radius 1 is 1.29 bits per heavy atom. The topological polar surface area (TPSA) is 55.1 Å². The second-order valence-electron chi connectivity index (χ2n) is 4.28. The summed E-state index contributed by atoms with van der Waals surface area (Å²) in [5.41, 5.74) is 8.62. The Morgan fingerprint density at radius 3 is 2.59 bits per heavy atom. The number of hydrogen-bond acceptors (Lipinski definition) is 3. The van der Waals surface area contributed by atoms with E-state index in [0.717, 1.165) is 42.5 Å². The first-order chi connectivity index (χ1) is 8.20. The molecular formula is C14H22N2O. The molecule has 0 amide bonds. The van der Waals surface area contributed by atoms with E-state index in [2.05, 4.69) is 5.32 Å². The molecule has 3 nitrogen and oxygen atoms in total. The maximum absolute atomic E-state index is 11.7. The van der Waals surface area contributed by atoms with Gasteiger partial charge in [0.1, 0.15) is 0 Å². The average Bonchev–Trinajstić information content (AvgIpc) is 2.29. The summed E-state index contributed by atoms with van der Waals surface area (Å²) >= 11 is 0. The minimum absolute atomic E-state index is 0.151. The Hall–Kier alpha value is -1.19. The SMILES string of the molecule is CNCc1cccc(CCCCN)c1C(C)=O. The van der Waals surface area contributed by atoms with E-state index in [9.17, 15) is 4.79 Å². The standard InChI is InChI=1S/C14H22N2O/c1-11(17)14-12(6-3-4-9-15)7-5-8-13(14)10-16-2/h5,7-8,16H,3-4,6,9-10,15H2,1-2H3. The van der Waals surface area contributed by atoms with Crippen molar-refractivity contribution in [3.05, 3.63) is 34.9 Å². The van der Waals surface area contributed by atoms with Crippen molar-refractivity contribution in [1.29, 1.82) is 0 Å². The molecule has 0 spiro atoms. The first-order valence-electron chi connectivity index (χ1n) is 6.17. The van der Waals surface area contributed by atoms with E-state index in [1.807, 2.05) is 25.2 Å². The van der Waals surface area contributed by atoms with Gasteiger partial charge in [0.05, 0.1) is 0 Å². The van der Waals surface area contributed by atoms with Crippen molar-refractivity contribution in [2.75, 3.05) is 13.6 Å². The van der Waals surface area contributed by atoms with Crippen LogP contribution in [-0.2, 0) is 13.0 Å². The molecule has 0 aliphatic heterocycles. The highest BCUT2D eigenvalue weighted by molar-refractivity contribution is 5.97. The van der Waals surface area contributed by atoms with E-state index in [4.69, 9.17) is 5.73 Å². The first-order valence-corrected chi connectivity index (χ1v) is 6.17. The third-order valence-electron chi connectivity index (χ3n) is 2.86. The van der Waals surface area contributed by atoms with Crippen molar-refractivity contribution in [2.24, 2.45) is 5.73 Å². The molecule has 0 aliphatic rings. The van der Waals surface area contributed by atoms with E-state index in [1.165, 1.54) is 0 Å². The van der Waals surface area contributed by atoms with Crippen LogP contribution in [0.1, 0.15) is 41.3 Å². The molecule has 0 unspecified atom stereocenters. The molecule has 0 aliphatic carbocycles. The molecule has 1 rings (SSSR count). The van der Waals surface area contributed by atoms with Gasteiger partial charge in [-0.3, -0.25) is 4.79 Å². The molecule has 94 valence electrons. The normalized spacial score (nSPS) is 10.5. The molecule has 0 atom stereocenters. The molecule has 0 saturated heterocycles. The monoisotopic (exact) mass is 234 g/mol. The zero-order chi connectivity index (χ0) is 12.7. The van der Waals surface area contributed by atoms with Gasteiger partial charge in [-0.05, 0) is 50.9 Å². The number of Topliss-reactive ketones (excluding diaryl/α,β-unsaturated/α-hetero) is 1. The van der Waals surface area contributed by atoms with Crippen molar-refractivity contribution in [3.8, 4) is 0 Å². The summed E-state index contributed by atoms with van der Waals surface area (Å²) in [6, 6.07) is 6.09. The van der Waals surface area contributed by atoms with Crippen molar-refractivity contribution >= 4 is 5.78 Å². The van der Waals surface area contributed by atoms with Gasteiger partial charge in [0, 0.05) is 12.1 Å². The van der Waals surface area contributed by atoms with Crippen LogP contribution in [0.15, 0.2) is 18.2 Å². The number of hydrogen-bond donors (Lipinski definition) is 2. The van der Waals surface area contributed by atoms with Crippen molar-refractivity contribution in [2.45, 2.75) is 32.7 Å². The van der Waals surface area contributed by atoms with Gasteiger partial charge in [-0.25, -0.2) is 0 Å². The van der Waals surface area contributed by atoms with Gasteiger partial charge < -0.3 is 11.1 Å². The number of nitrogens with one attached hydrogen (secondary N) is 1. The molecule has 3 N–H and O–H groups in total. The highest BCUT2D eigenvalue weighted by Gasteiger charge is 2.11. The van der Waals surface area contributed by atoms with E-state index < -0.39 is 0 Å². The summed E-state index contributed by atoms with van der Waals surface area (Å²) in [5.74, 6) is 0.151. The lowest BCUT2D eigenvalue weighted by molar-refractivity contribution is 0.101. The fraction of sp³-hybridized carbons (Fsp3) is 0.500. The largest absolute Gasteiger partial charge is 0.330 e. The maximum Gasteiger partial charge on any atom is 0.160 e. The van der Waals surface area contributed by atoms with Crippen LogP contribution in [0, 0.1) is 0 Å². The molecule has 1 aromatic carbocycles. The Kier molecular flexibility index (Phi) is 5.87. The number of ketones is 1. The molecule has 1 aromatic rings. The molecule has 0 fully saturated rings. The van der Waals surface area contributed by atoms with E-state index in [0.29, 0.717) is 6.54 Å². The van der Waals surface area contributed by atoms with Crippen LogP contribution in [0.3, 0.4) is 0 Å². The quantitative estimate of drug-likeness (QED) is 0.559. The van der Waals surface area contributed by atoms with Crippen molar-refractivity contribution in [1.82, 2.24) is 5.32 Å². The molecule has 0 bridgehead atoms. The number of unbranched alkanes of at least 4 members (excludes halogenated alkanes) is 1. The summed E-state index contributed by atoms with van der Waals surface area (Å²) in [5, 5.41) is 3.10. The summed E-state index contributed by atoms with van der Waals surface area (Å²) in [4.78, 5) is 11.7. The smallest absolute Gasteiger partial charge is 0.160 e. The van der Waals surface area contributed by atoms with Gasteiger partial charge in [0.25, 0.3) is 0 Å². The van der Waals surface area contributed by atoms with Crippen LogP contribution in [0.5, 0.6) is 0 Å². The number of carbonyl (C=O) groups excluding carboxylic acids is 1. The van der Waals surface area contributed by atoms with E-state index >= 15 is 0 Å². The fourth-order valence-electron chi connectivity index (χ4n) is 2.11. The highest BCUT2D eigenvalue weighted by Crippen LogP contribution is 2.18. The lowest BCUT2D eigenvalue weighted by Crippen LogP contribution is -2.12. The van der Waals surface area contributed by atoms with Crippen LogP contribution >= 0.6 is 0 Å². The van der Waals surface area contributed by atoms with Crippen LogP contribution < -0.4 is 11.1 Å². The summed E-state index contributed by atoms with van der Waals surface area (Å²) < 4.78 is 0. The number of aryl methyl sites for hydroxylation is 1. The van der Waals surface area contributed by atoms with Gasteiger partial charge in [-0.1, -0.05) is 18.2 Å². The second-order valence-corrected chi connectivity index (χ2v) is 4.28. The fourth-order valence-corrected chi connectivity index (χ4v) is 2.11. The third kappa shape index (κ3) is 3.95. The number of carbonyl (C=O) groups is 1. The van der Waals surface area contributed by atoms with Crippen molar-refractivity contribution in [3.63, 3.8) is 0 Å². The number of benzene rings is 1. The van der Waals surface area contributed by atoms with E-state index in [1.54, 1.807) is 6.92 Å². The molecule has 0 saturated carbocycles. The predicted octanol–water partition coefficient (Wildman–Crippen LogP) is 1.89. The minimum atomic E-state index is 0.151. The molecular weight excluding hydrogens is 212 g/mol. The third-order valence-corrected chi connectivity index (χ3v) is 2.86. The maximum atomic E-state index is 11.7. The first kappa shape index (κ1) is 13.9. The molecule has 0 aromatic heterocycles. The Balaban J connectivity index is 2.94. The lowest BCUT2D eigenvalue weighted by Gasteiger charge is -2.12. The Bertz CT molecular complexity index is 374.